The Morgan fingerprint density at radius 3 is 2.87 bits per heavy atom. The molecule has 0 saturated carbocycles. The fourth-order valence-corrected chi connectivity index (χ4v) is 5.74. The molecule has 3 aliphatic heterocycles. The first-order valence-corrected chi connectivity index (χ1v) is 13.0. The van der Waals surface area contributed by atoms with Gasteiger partial charge in [0, 0.05) is 68.6 Å². The molecule has 0 bridgehead atoms. The van der Waals surface area contributed by atoms with Gasteiger partial charge in [-0.2, -0.15) is 0 Å². The van der Waals surface area contributed by atoms with Crippen LogP contribution in [0.25, 0.3) is 16.9 Å². The van der Waals surface area contributed by atoms with Crippen molar-refractivity contribution in [2.24, 2.45) is 0 Å². The van der Waals surface area contributed by atoms with Crippen LogP contribution in [0.3, 0.4) is 0 Å². The first-order valence-electron chi connectivity index (χ1n) is 13.0. The second kappa shape index (κ2) is 9.38. The van der Waals surface area contributed by atoms with E-state index >= 15 is 0 Å². The number of nitrogens with zero attached hydrogens (tertiary/aromatic N) is 4. The average molecular weight is 514 g/mol. The minimum atomic E-state index is -0.338. The molecule has 4 aromatic rings. The highest BCUT2D eigenvalue weighted by atomic mass is 19.1. The number of rotatable bonds is 5. The molecule has 10 heteroatoms. The summed E-state index contributed by atoms with van der Waals surface area (Å²) in [6.07, 6.45) is 4.37. The molecular formula is C28H28FN7O2. The number of pyridine rings is 2. The lowest BCUT2D eigenvalue weighted by Crippen LogP contribution is -2.44. The Morgan fingerprint density at radius 2 is 2.03 bits per heavy atom. The lowest BCUT2D eigenvalue weighted by Gasteiger charge is -2.31. The Bertz CT molecular complexity index is 1540. The maximum absolute atomic E-state index is 13.7. The number of hydrogen-bond acceptors (Lipinski definition) is 7. The smallest absolute Gasteiger partial charge is 0.254 e. The molecule has 3 aliphatic rings. The molecule has 2 fully saturated rings. The molecule has 1 aromatic carbocycles. The predicted octanol–water partition coefficient (Wildman–Crippen LogP) is 3.44. The van der Waals surface area contributed by atoms with E-state index in [1.54, 1.807) is 12.4 Å². The van der Waals surface area contributed by atoms with Crippen molar-refractivity contribution in [1.29, 1.82) is 0 Å². The Kier molecular flexibility index (Phi) is 5.70. The second-order valence-electron chi connectivity index (χ2n) is 9.95. The number of hydrogen-bond donors (Lipinski definition) is 3. The molecule has 3 N–H and O–H groups in total. The Balaban J connectivity index is 1.26. The minimum Gasteiger partial charge on any atom is -0.381 e. The molecule has 1 unspecified atom stereocenters. The first-order chi connectivity index (χ1) is 18.7. The number of imidazole rings is 1. The molecule has 0 radical (unpaired) electrons. The van der Waals surface area contributed by atoms with Gasteiger partial charge in [-0.05, 0) is 30.2 Å². The van der Waals surface area contributed by atoms with Crippen molar-refractivity contribution in [3.05, 3.63) is 71.3 Å². The number of carbonyl (C=O) groups excluding carboxylic acids is 1. The summed E-state index contributed by atoms with van der Waals surface area (Å²) in [5, 5.41) is 9.81. The van der Waals surface area contributed by atoms with E-state index in [-0.39, 0.29) is 11.7 Å². The molecule has 194 valence electrons. The number of carbonyl (C=O) groups is 1. The standard InChI is InChI=1S/C28H28FN7O2/c29-18-5-9-36-23(15-31-25(36)13-18)20-1-3-22(26-21(20)14-32-28(26)37)33-24-4-2-19(17-6-12-38-16-17)27(34-24)35-10-7-30-8-11-35/h1-5,9,13,15,17,30H,6-8,10-12,14,16H2,(H,32,37)(H,33,34). The number of halogens is 1. The van der Waals surface area contributed by atoms with Crippen LogP contribution in [0.1, 0.15) is 33.8 Å². The van der Waals surface area contributed by atoms with E-state index in [0.717, 1.165) is 68.5 Å². The van der Waals surface area contributed by atoms with Crippen molar-refractivity contribution in [1.82, 2.24) is 25.0 Å². The monoisotopic (exact) mass is 513 g/mol. The minimum absolute atomic E-state index is 0.133. The normalized spacial score (nSPS) is 19.1. The van der Waals surface area contributed by atoms with Gasteiger partial charge in [-0.3, -0.25) is 9.20 Å². The average Bonchev–Trinajstić information content (AvgIpc) is 3.70. The van der Waals surface area contributed by atoms with E-state index in [9.17, 15) is 9.18 Å². The van der Waals surface area contributed by atoms with Gasteiger partial charge in [0.1, 0.15) is 23.1 Å². The third kappa shape index (κ3) is 3.97. The van der Waals surface area contributed by atoms with Crippen LogP contribution in [0.4, 0.5) is 21.7 Å². The molecule has 38 heavy (non-hydrogen) atoms. The summed E-state index contributed by atoms with van der Waals surface area (Å²) in [5.41, 5.74) is 5.61. The van der Waals surface area contributed by atoms with E-state index in [4.69, 9.17) is 9.72 Å². The maximum atomic E-state index is 13.7. The summed E-state index contributed by atoms with van der Waals surface area (Å²) < 4.78 is 21.2. The lowest BCUT2D eigenvalue weighted by molar-refractivity contribution is 0.0966. The van der Waals surface area contributed by atoms with Gasteiger partial charge in [0.15, 0.2) is 0 Å². The Morgan fingerprint density at radius 1 is 1.13 bits per heavy atom. The van der Waals surface area contributed by atoms with E-state index < -0.39 is 0 Å². The maximum Gasteiger partial charge on any atom is 0.254 e. The summed E-state index contributed by atoms with van der Waals surface area (Å²) in [5.74, 6) is 1.56. The zero-order valence-corrected chi connectivity index (χ0v) is 20.8. The molecular weight excluding hydrogens is 485 g/mol. The zero-order chi connectivity index (χ0) is 25.6. The van der Waals surface area contributed by atoms with Crippen molar-refractivity contribution in [2.75, 3.05) is 49.6 Å². The number of fused-ring (bicyclic) bond motifs is 2. The third-order valence-corrected chi connectivity index (χ3v) is 7.67. The zero-order valence-electron chi connectivity index (χ0n) is 20.8. The van der Waals surface area contributed by atoms with Crippen LogP contribution < -0.4 is 20.9 Å². The van der Waals surface area contributed by atoms with Gasteiger partial charge in [-0.25, -0.2) is 14.4 Å². The van der Waals surface area contributed by atoms with Crippen molar-refractivity contribution in [2.45, 2.75) is 18.9 Å². The van der Waals surface area contributed by atoms with Crippen molar-refractivity contribution >= 4 is 28.9 Å². The van der Waals surface area contributed by atoms with Gasteiger partial charge in [0.25, 0.3) is 5.91 Å². The number of benzene rings is 1. The number of piperazine rings is 1. The Hall–Kier alpha value is -4.02. The highest BCUT2D eigenvalue weighted by molar-refractivity contribution is 6.06. The summed E-state index contributed by atoms with van der Waals surface area (Å²) in [4.78, 5) is 24.7. The third-order valence-electron chi connectivity index (χ3n) is 7.67. The van der Waals surface area contributed by atoms with Crippen molar-refractivity contribution in [3.8, 4) is 11.3 Å². The molecule has 0 spiro atoms. The van der Waals surface area contributed by atoms with E-state index in [1.807, 2.05) is 22.6 Å². The van der Waals surface area contributed by atoms with Gasteiger partial charge in [-0.1, -0.05) is 12.1 Å². The number of ether oxygens (including phenoxy) is 1. The summed E-state index contributed by atoms with van der Waals surface area (Å²) in [6.45, 7) is 5.54. The van der Waals surface area contributed by atoms with Gasteiger partial charge >= 0.3 is 0 Å². The van der Waals surface area contributed by atoms with Crippen molar-refractivity contribution < 1.29 is 13.9 Å². The summed E-state index contributed by atoms with van der Waals surface area (Å²) >= 11 is 0. The number of anilines is 3. The van der Waals surface area contributed by atoms with E-state index in [0.29, 0.717) is 35.2 Å². The lowest BCUT2D eigenvalue weighted by atomic mass is 9.98. The molecule has 6 heterocycles. The molecule has 7 rings (SSSR count). The van der Waals surface area contributed by atoms with Gasteiger partial charge < -0.3 is 25.6 Å². The SMILES string of the molecule is O=C1NCc2c(-c3cnc4cc(F)ccn34)ccc(Nc3ccc(C4CCOC4)c(N4CCNCC4)n3)c21. The topological polar surface area (TPSA) is 95.8 Å². The second-order valence-corrected chi connectivity index (χ2v) is 9.95. The van der Waals surface area contributed by atoms with Crippen LogP contribution in [-0.2, 0) is 11.3 Å². The van der Waals surface area contributed by atoms with E-state index in [1.165, 1.54) is 17.7 Å². The van der Waals surface area contributed by atoms with Crippen LogP contribution in [0.5, 0.6) is 0 Å². The molecule has 1 atom stereocenters. The van der Waals surface area contributed by atoms with Gasteiger partial charge in [-0.15, -0.1) is 0 Å². The van der Waals surface area contributed by atoms with Gasteiger partial charge in [0.05, 0.1) is 29.7 Å². The molecule has 2 saturated heterocycles. The van der Waals surface area contributed by atoms with E-state index in [2.05, 4.69) is 31.9 Å². The van der Waals surface area contributed by atoms with Gasteiger partial charge in [0.2, 0.25) is 0 Å². The molecule has 3 aromatic heterocycles. The van der Waals surface area contributed by atoms with Crippen molar-refractivity contribution in [3.63, 3.8) is 0 Å². The predicted molar refractivity (Wildman–Crippen MR) is 143 cm³/mol. The van der Waals surface area contributed by atoms with Crippen LogP contribution in [0.15, 0.2) is 48.8 Å². The Labute approximate surface area is 219 Å². The molecule has 0 aliphatic carbocycles. The fourth-order valence-electron chi connectivity index (χ4n) is 5.74. The van der Waals surface area contributed by atoms with Crippen LogP contribution in [0, 0.1) is 5.82 Å². The summed E-state index contributed by atoms with van der Waals surface area (Å²) in [7, 11) is 0. The molecule has 9 nitrogen and oxygen atoms in total. The summed E-state index contributed by atoms with van der Waals surface area (Å²) in [6, 6.07) is 10.8. The van der Waals surface area contributed by atoms with Crippen LogP contribution >= 0.6 is 0 Å². The van der Waals surface area contributed by atoms with Crippen LogP contribution in [0.2, 0.25) is 0 Å². The number of nitrogens with one attached hydrogen (secondary N) is 3. The fraction of sp³-hybridized carbons (Fsp3) is 0.321. The highest BCUT2D eigenvalue weighted by Crippen LogP contribution is 2.37. The van der Waals surface area contributed by atoms with Crippen LogP contribution in [-0.4, -0.2) is 59.7 Å². The number of aromatic nitrogens is 3. The quantitative estimate of drug-likeness (QED) is 0.376. The number of amides is 1. The largest absolute Gasteiger partial charge is 0.381 e. The molecule has 1 amide bonds. The first kappa shape index (κ1) is 23.1. The highest BCUT2D eigenvalue weighted by Gasteiger charge is 2.29.